The number of halogens is 3. The molecule has 0 aromatic heterocycles. The maximum Gasteiger partial charge on any atom is 0.573 e. The Morgan fingerprint density at radius 1 is 1.15 bits per heavy atom. The highest BCUT2D eigenvalue weighted by Crippen LogP contribution is 2.32. The lowest BCUT2D eigenvalue weighted by Gasteiger charge is -2.19. The number of benzene rings is 2. The maximum absolute atomic E-state index is 12.9. The highest BCUT2D eigenvalue weighted by Gasteiger charge is 2.31. The van der Waals surface area contributed by atoms with Crippen LogP contribution >= 0.6 is 0 Å². The predicted molar refractivity (Wildman–Crippen MR) is 120 cm³/mol. The van der Waals surface area contributed by atoms with Gasteiger partial charge in [0, 0.05) is 17.8 Å². The molecule has 12 heteroatoms. The third kappa shape index (κ3) is 6.76. The van der Waals surface area contributed by atoms with Crippen LogP contribution in [0, 0.1) is 5.92 Å². The van der Waals surface area contributed by atoms with E-state index in [0.29, 0.717) is 5.69 Å². The number of anilines is 2. The van der Waals surface area contributed by atoms with Crippen LogP contribution < -0.4 is 25.2 Å². The molecule has 0 spiro atoms. The van der Waals surface area contributed by atoms with E-state index >= 15 is 0 Å². The Morgan fingerprint density at radius 2 is 1.85 bits per heavy atom. The summed E-state index contributed by atoms with van der Waals surface area (Å²) in [6, 6.07) is 7.76. The molecule has 0 aliphatic heterocycles. The van der Waals surface area contributed by atoms with Gasteiger partial charge in [-0.25, -0.2) is 8.42 Å². The number of nitrogens with two attached hydrogens (primary N) is 1. The molecule has 8 nitrogen and oxygen atoms in total. The van der Waals surface area contributed by atoms with Crippen LogP contribution in [-0.2, 0) is 14.8 Å². The van der Waals surface area contributed by atoms with Gasteiger partial charge in [0.25, 0.3) is 10.0 Å². The van der Waals surface area contributed by atoms with Crippen LogP contribution in [-0.4, -0.2) is 33.3 Å². The third-order valence-corrected chi connectivity index (χ3v) is 6.75. The Balaban J connectivity index is 1.80. The fourth-order valence-electron chi connectivity index (χ4n) is 3.80. The zero-order valence-electron chi connectivity index (χ0n) is 18.4. The minimum Gasteiger partial charge on any atom is -0.492 e. The first-order valence-electron chi connectivity index (χ1n) is 10.7. The van der Waals surface area contributed by atoms with Gasteiger partial charge < -0.3 is 20.5 Å². The van der Waals surface area contributed by atoms with Gasteiger partial charge in [0.2, 0.25) is 5.91 Å². The van der Waals surface area contributed by atoms with Crippen LogP contribution in [0.1, 0.15) is 32.6 Å². The zero-order chi connectivity index (χ0) is 24.9. The van der Waals surface area contributed by atoms with Crippen LogP contribution in [0.25, 0.3) is 0 Å². The summed E-state index contributed by atoms with van der Waals surface area (Å²) >= 11 is 0. The van der Waals surface area contributed by atoms with E-state index in [1.54, 1.807) is 6.92 Å². The molecule has 0 saturated heterocycles. The van der Waals surface area contributed by atoms with Gasteiger partial charge in [0.05, 0.1) is 18.3 Å². The molecule has 4 N–H and O–H groups in total. The number of hydrogen-bond acceptors (Lipinski definition) is 6. The number of alkyl halides is 3. The smallest absolute Gasteiger partial charge is 0.492 e. The monoisotopic (exact) mass is 501 g/mol. The maximum atomic E-state index is 12.9. The number of carbonyl (C=O) groups is 1. The lowest BCUT2D eigenvalue weighted by atomic mass is 9.98. The molecule has 34 heavy (non-hydrogen) atoms. The minimum atomic E-state index is -4.92. The molecule has 2 aromatic rings. The van der Waals surface area contributed by atoms with E-state index in [1.165, 1.54) is 30.3 Å². The first kappa shape index (κ1) is 25.6. The van der Waals surface area contributed by atoms with Crippen molar-refractivity contribution in [3.05, 3.63) is 42.5 Å². The topological polar surface area (TPSA) is 120 Å². The van der Waals surface area contributed by atoms with E-state index in [4.69, 9.17) is 10.5 Å². The Labute approximate surface area is 195 Å². The van der Waals surface area contributed by atoms with Crippen molar-refractivity contribution in [3.63, 3.8) is 0 Å². The predicted octanol–water partition coefficient (Wildman–Crippen LogP) is 4.24. The number of nitrogens with one attached hydrogen (secondary N) is 2. The summed E-state index contributed by atoms with van der Waals surface area (Å²) in [6.45, 7) is 1.79. The molecule has 1 atom stereocenters. The summed E-state index contributed by atoms with van der Waals surface area (Å²) in [5.41, 5.74) is 6.24. The summed E-state index contributed by atoms with van der Waals surface area (Å²) in [5.74, 6) is -0.879. The summed E-state index contributed by atoms with van der Waals surface area (Å²) in [4.78, 5) is 12.3. The summed E-state index contributed by atoms with van der Waals surface area (Å²) < 4.78 is 74.8. The number of sulfonamides is 1. The molecule has 3 rings (SSSR count). The fourth-order valence-corrected chi connectivity index (χ4v) is 4.98. The van der Waals surface area contributed by atoms with Crippen molar-refractivity contribution in [3.8, 4) is 11.5 Å². The molecule has 1 amide bonds. The molecule has 0 unspecified atom stereocenters. The standard InChI is InChI=1S/C22H26F3N3O5S/c1-2-32-18-13-15(27-21(29)20(26)14-6-3-4-7-14)10-11-19(18)34(30,31)28-16-8-5-9-17(12-16)33-22(23,24)25/h5,8-14,20,28H,2-4,6-7,26H2,1H3,(H,27,29)/t20-/m0/s1. The first-order chi connectivity index (χ1) is 16.0. The van der Waals surface area contributed by atoms with Crippen LogP contribution in [0.15, 0.2) is 47.4 Å². The zero-order valence-corrected chi connectivity index (χ0v) is 19.2. The highest BCUT2D eigenvalue weighted by molar-refractivity contribution is 7.92. The van der Waals surface area contributed by atoms with E-state index in [2.05, 4.69) is 14.8 Å². The summed E-state index contributed by atoms with van der Waals surface area (Å²) in [5, 5.41) is 2.69. The molecule has 2 aromatic carbocycles. The molecule has 0 bridgehead atoms. The largest absolute Gasteiger partial charge is 0.573 e. The Morgan fingerprint density at radius 3 is 2.50 bits per heavy atom. The van der Waals surface area contributed by atoms with Crippen molar-refractivity contribution in [2.45, 2.75) is 49.9 Å². The van der Waals surface area contributed by atoms with Crippen LogP contribution in [0.3, 0.4) is 0 Å². The van der Waals surface area contributed by atoms with Crippen molar-refractivity contribution in [2.75, 3.05) is 16.6 Å². The van der Waals surface area contributed by atoms with E-state index in [9.17, 15) is 26.4 Å². The number of ether oxygens (including phenoxy) is 2. The van der Waals surface area contributed by atoms with E-state index in [-0.39, 0.29) is 34.8 Å². The summed E-state index contributed by atoms with van der Waals surface area (Å²) in [7, 11) is -4.25. The highest BCUT2D eigenvalue weighted by atomic mass is 32.2. The van der Waals surface area contributed by atoms with Gasteiger partial charge in [0.1, 0.15) is 16.4 Å². The Hall–Kier alpha value is -2.99. The normalized spacial score (nSPS) is 15.6. The number of carbonyl (C=O) groups excluding carboxylic acids is 1. The average molecular weight is 502 g/mol. The SMILES string of the molecule is CCOc1cc(NC(=O)[C@@H](N)C2CCCC2)ccc1S(=O)(=O)Nc1cccc(OC(F)(F)F)c1. The minimum absolute atomic E-state index is 0.0371. The van der Waals surface area contributed by atoms with Crippen molar-refractivity contribution in [1.82, 2.24) is 0 Å². The molecule has 1 fully saturated rings. The van der Waals surface area contributed by atoms with E-state index in [1.807, 2.05) is 0 Å². The average Bonchev–Trinajstić information content (AvgIpc) is 3.27. The summed E-state index contributed by atoms with van der Waals surface area (Å²) in [6.07, 6.45) is -1.08. The number of amides is 1. The molecule has 186 valence electrons. The van der Waals surface area contributed by atoms with Crippen LogP contribution in [0.5, 0.6) is 11.5 Å². The molecule has 1 aliphatic carbocycles. The lowest BCUT2D eigenvalue weighted by Crippen LogP contribution is -2.41. The van der Waals surface area contributed by atoms with Gasteiger partial charge in [0.15, 0.2) is 0 Å². The van der Waals surface area contributed by atoms with Gasteiger partial charge in [-0.05, 0) is 49.9 Å². The van der Waals surface area contributed by atoms with Gasteiger partial charge in [-0.1, -0.05) is 18.9 Å². The van der Waals surface area contributed by atoms with Gasteiger partial charge in [-0.3, -0.25) is 9.52 Å². The van der Waals surface area contributed by atoms with Crippen molar-refractivity contribution in [1.29, 1.82) is 0 Å². The van der Waals surface area contributed by atoms with Gasteiger partial charge in [-0.15, -0.1) is 13.2 Å². The third-order valence-electron chi connectivity index (χ3n) is 5.33. The van der Waals surface area contributed by atoms with E-state index < -0.39 is 28.2 Å². The van der Waals surface area contributed by atoms with E-state index in [0.717, 1.165) is 37.8 Å². The quantitative estimate of drug-likeness (QED) is 0.473. The number of rotatable bonds is 9. The first-order valence-corrected chi connectivity index (χ1v) is 12.2. The van der Waals surface area contributed by atoms with Crippen LogP contribution in [0.4, 0.5) is 24.5 Å². The molecule has 0 heterocycles. The second-order valence-electron chi connectivity index (χ2n) is 7.84. The molecule has 1 saturated carbocycles. The second kappa shape index (κ2) is 10.5. The Bertz CT molecular complexity index is 1120. The van der Waals surface area contributed by atoms with Crippen molar-refractivity contribution >= 4 is 27.3 Å². The Kier molecular flexibility index (Phi) is 7.93. The van der Waals surface area contributed by atoms with Crippen LogP contribution in [0.2, 0.25) is 0 Å². The van der Waals surface area contributed by atoms with Crippen molar-refractivity contribution < 1.29 is 35.9 Å². The van der Waals surface area contributed by atoms with Crippen molar-refractivity contribution in [2.24, 2.45) is 11.7 Å². The molecule has 1 aliphatic rings. The molecular weight excluding hydrogens is 475 g/mol. The second-order valence-corrected chi connectivity index (χ2v) is 9.49. The molecular formula is C22H26F3N3O5S. The van der Waals surface area contributed by atoms with Gasteiger partial charge in [-0.2, -0.15) is 0 Å². The number of hydrogen-bond donors (Lipinski definition) is 3. The lowest BCUT2D eigenvalue weighted by molar-refractivity contribution is -0.274. The molecule has 0 radical (unpaired) electrons. The fraction of sp³-hybridized carbons (Fsp3) is 0.409. The van der Waals surface area contributed by atoms with Gasteiger partial charge >= 0.3 is 6.36 Å².